The van der Waals surface area contributed by atoms with E-state index in [2.05, 4.69) is 48.7 Å². The first kappa shape index (κ1) is 22.7. The molecule has 0 saturated carbocycles. The SMILES string of the molecule is N#Cc1ccc(C2CCN(c3ncnc(Nc4cccc(NC(=O)[C@H]5CCCO5)c4)n3)CC2)cc1. The molecule has 2 fully saturated rings. The van der Waals surface area contributed by atoms with Crippen LogP contribution < -0.4 is 15.5 Å². The summed E-state index contributed by atoms with van der Waals surface area (Å²) in [5.41, 5.74) is 3.42. The summed E-state index contributed by atoms with van der Waals surface area (Å²) in [5.74, 6) is 1.44. The molecule has 5 rings (SSSR count). The number of nitriles is 1. The third-order valence-corrected chi connectivity index (χ3v) is 6.46. The van der Waals surface area contributed by atoms with Crippen molar-refractivity contribution in [1.82, 2.24) is 15.0 Å². The second kappa shape index (κ2) is 10.5. The smallest absolute Gasteiger partial charge is 0.253 e. The Bertz CT molecular complexity index is 1210. The summed E-state index contributed by atoms with van der Waals surface area (Å²) in [7, 11) is 0. The Balaban J connectivity index is 1.19. The Morgan fingerprint density at radius 1 is 1.06 bits per heavy atom. The van der Waals surface area contributed by atoms with E-state index in [1.807, 2.05) is 36.4 Å². The molecule has 0 unspecified atom stereocenters. The highest BCUT2D eigenvalue weighted by molar-refractivity contribution is 5.94. The molecule has 3 heterocycles. The van der Waals surface area contributed by atoms with Gasteiger partial charge in [-0.25, -0.2) is 9.97 Å². The first-order valence-electron chi connectivity index (χ1n) is 11.9. The summed E-state index contributed by atoms with van der Waals surface area (Å²) in [6.07, 6.45) is 4.79. The molecule has 0 spiro atoms. The predicted molar refractivity (Wildman–Crippen MR) is 133 cm³/mol. The molecule has 35 heavy (non-hydrogen) atoms. The van der Waals surface area contributed by atoms with Crippen molar-refractivity contribution in [2.45, 2.75) is 37.7 Å². The minimum atomic E-state index is -0.376. The fraction of sp³-hybridized carbons (Fsp3) is 0.346. The maximum atomic E-state index is 12.3. The number of anilines is 4. The number of piperidine rings is 1. The van der Waals surface area contributed by atoms with Gasteiger partial charge in [0.1, 0.15) is 12.4 Å². The zero-order valence-electron chi connectivity index (χ0n) is 19.4. The Morgan fingerprint density at radius 2 is 1.86 bits per heavy atom. The number of rotatable bonds is 6. The first-order chi connectivity index (χ1) is 17.2. The number of amides is 1. The van der Waals surface area contributed by atoms with Gasteiger partial charge in [-0.15, -0.1) is 0 Å². The molecule has 0 bridgehead atoms. The van der Waals surface area contributed by atoms with Crippen molar-refractivity contribution < 1.29 is 9.53 Å². The first-order valence-corrected chi connectivity index (χ1v) is 11.9. The van der Waals surface area contributed by atoms with Gasteiger partial charge in [-0.3, -0.25) is 4.79 Å². The molecular weight excluding hydrogens is 442 g/mol. The van der Waals surface area contributed by atoms with Crippen molar-refractivity contribution in [3.8, 4) is 6.07 Å². The van der Waals surface area contributed by atoms with Crippen LogP contribution >= 0.6 is 0 Å². The topological polar surface area (TPSA) is 116 Å². The monoisotopic (exact) mass is 469 g/mol. The molecule has 9 nitrogen and oxygen atoms in total. The molecule has 2 N–H and O–H groups in total. The number of nitrogens with one attached hydrogen (secondary N) is 2. The Labute approximate surface area is 204 Å². The maximum Gasteiger partial charge on any atom is 0.253 e. The van der Waals surface area contributed by atoms with Crippen LogP contribution in [-0.2, 0) is 9.53 Å². The minimum absolute atomic E-state index is 0.119. The van der Waals surface area contributed by atoms with Gasteiger partial charge in [-0.05, 0) is 67.5 Å². The van der Waals surface area contributed by atoms with Crippen LogP contribution in [0.5, 0.6) is 0 Å². The fourth-order valence-electron chi connectivity index (χ4n) is 4.55. The van der Waals surface area contributed by atoms with E-state index in [0.29, 0.717) is 35.7 Å². The summed E-state index contributed by atoms with van der Waals surface area (Å²) in [6, 6.07) is 17.5. The van der Waals surface area contributed by atoms with Crippen LogP contribution in [0, 0.1) is 11.3 Å². The van der Waals surface area contributed by atoms with Crippen molar-refractivity contribution in [1.29, 1.82) is 5.26 Å². The number of nitrogens with zero attached hydrogens (tertiary/aromatic N) is 5. The van der Waals surface area contributed by atoms with Gasteiger partial charge in [0.2, 0.25) is 11.9 Å². The summed E-state index contributed by atoms with van der Waals surface area (Å²) < 4.78 is 5.45. The van der Waals surface area contributed by atoms with Crippen LogP contribution in [0.25, 0.3) is 0 Å². The highest BCUT2D eigenvalue weighted by Gasteiger charge is 2.24. The lowest BCUT2D eigenvalue weighted by Crippen LogP contribution is -2.34. The van der Waals surface area contributed by atoms with Crippen molar-refractivity contribution in [3.05, 3.63) is 66.0 Å². The van der Waals surface area contributed by atoms with Crippen LogP contribution in [0.1, 0.15) is 42.7 Å². The van der Waals surface area contributed by atoms with E-state index in [1.165, 1.54) is 11.9 Å². The van der Waals surface area contributed by atoms with Crippen molar-refractivity contribution in [2.24, 2.45) is 0 Å². The third-order valence-electron chi connectivity index (χ3n) is 6.46. The van der Waals surface area contributed by atoms with Gasteiger partial charge in [-0.2, -0.15) is 10.2 Å². The highest BCUT2D eigenvalue weighted by atomic mass is 16.5. The maximum absolute atomic E-state index is 12.3. The van der Waals surface area contributed by atoms with Crippen LogP contribution in [0.4, 0.5) is 23.3 Å². The van der Waals surface area contributed by atoms with Gasteiger partial charge < -0.3 is 20.3 Å². The van der Waals surface area contributed by atoms with E-state index in [-0.39, 0.29) is 12.0 Å². The standard InChI is InChI=1S/C26H27N7O2/c27-16-18-6-8-19(9-7-18)20-10-12-33(13-11-20)26-29-17-28-25(32-26)31-22-4-1-3-21(15-22)30-24(34)23-5-2-14-35-23/h1,3-4,6-9,15,17,20,23H,2,5,10-14H2,(H,30,34)(H,28,29,31,32)/t23-/m1/s1. The average Bonchev–Trinajstić information content (AvgIpc) is 3.45. The van der Waals surface area contributed by atoms with Crippen LogP contribution in [-0.4, -0.2) is 46.7 Å². The number of benzene rings is 2. The number of hydrogen-bond donors (Lipinski definition) is 2. The summed E-state index contributed by atoms with van der Waals surface area (Å²) >= 11 is 0. The zero-order valence-corrected chi connectivity index (χ0v) is 19.4. The summed E-state index contributed by atoms with van der Waals surface area (Å²) in [6.45, 7) is 2.33. The fourth-order valence-corrected chi connectivity index (χ4v) is 4.55. The highest BCUT2D eigenvalue weighted by Crippen LogP contribution is 2.30. The molecule has 1 atom stereocenters. The van der Waals surface area contributed by atoms with E-state index in [4.69, 9.17) is 10.00 Å². The largest absolute Gasteiger partial charge is 0.368 e. The Morgan fingerprint density at radius 3 is 2.60 bits per heavy atom. The molecule has 0 radical (unpaired) electrons. The molecule has 178 valence electrons. The van der Waals surface area contributed by atoms with E-state index >= 15 is 0 Å². The van der Waals surface area contributed by atoms with E-state index in [0.717, 1.165) is 44.5 Å². The molecule has 1 aromatic heterocycles. The quantitative estimate of drug-likeness (QED) is 0.557. The molecule has 0 aliphatic carbocycles. The predicted octanol–water partition coefficient (Wildman–Crippen LogP) is 3.99. The van der Waals surface area contributed by atoms with E-state index in [9.17, 15) is 4.79 Å². The molecule has 3 aromatic rings. The van der Waals surface area contributed by atoms with Crippen LogP contribution in [0.2, 0.25) is 0 Å². The molecule has 2 aliphatic heterocycles. The normalized spacial score (nSPS) is 18.1. The summed E-state index contributed by atoms with van der Waals surface area (Å²) in [5, 5.41) is 15.1. The molecule has 2 aliphatic rings. The van der Waals surface area contributed by atoms with Gasteiger partial charge in [-0.1, -0.05) is 18.2 Å². The molecule has 1 amide bonds. The number of ether oxygens (including phenoxy) is 1. The van der Waals surface area contributed by atoms with Crippen LogP contribution in [0.15, 0.2) is 54.9 Å². The number of hydrogen-bond acceptors (Lipinski definition) is 8. The van der Waals surface area contributed by atoms with Crippen molar-refractivity contribution >= 4 is 29.2 Å². The molecule has 2 aromatic carbocycles. The van der Waals surface area contributed by atoms with Crippen molar-refractivity contribution in [3.63, 3.8) is 0 Å². The number of aromatic nitrogens is 3. The van der Waals surface area contributed by atoms with Gasteiger partial charge in [0.25, 0.3) is 5.91 Å². The lowest BCUT2D eigenvalue weighted by molar-refractivity contribution is -0.124. The van der Waals surface area contributed by atoms with E-state index in [1.54, 1.807) is 0 Å². The zero-order chi connectivity index (χ0) is 24.0. The lowest BCUT2D eigenvalue weighted by atomic mass is 9.89. The minimum Gasteiger partial charge on any atom is -0.368 e. The second-order valence-corrected chi connectivity index (χ2v) is 8.80. The van der Waals surface area contributed by atoms with Crippen molar-refractivity contribution in [2.75, 3.05) is 35.2 Å². The molecule has 9 heteroatoms. The molecule has 2 saturated heterocycles. The summed E-state index contributed by atoms with van der Waals surface area (Å²) in [4.78, 5) is 27.8. The second-order valence-electron chi connectivity index (χ2n) is 8.80. The Hall–Kier alpha value is -4.03. The number of carbonyl (C=O) groups is 1. The van der Waals surface area contributed by atoms with Gasteiger partial charge in [0, 0.05) is 31.1 Å². The lowest BCUT2D eigenvalue weighted by Gasteiger charge is -2.32. The number of carbonyl (C=O) groups excluding carboxylic acids is 1. The van der Waals surface area contributed by atoms with Gasteiger partial charge in [0.15, 0.2) is 0 Å². The third kappa shape index (κ3) is 5.55. The van der Waals surface area contributed by atoms with Gasteiger partial charge >= 0.3 is 0 Å². The van der Waals surface area contributed by atoms with Gasteiger partial charge in [0.05, 0.1) is 11.6 Å². The average molecular weight is 470 g/mol. The Kier molecular flexibility index (Phi) is 6.82. The van der Waals surface area contributed by atoms with Crippen LogP contribution in [0.3, 0.4) is 0 Å². The van der Waals surface area contributed by atoms with E-state index < -0.39 is 0 Å². The molecular formula is C26H27N7O2.